The van der Waals surface area contributed by atoms with Crippen molar-refractivity contribution in [2.75, 3.05) is 20.8 Å². The molecule has 1 saturated heterocycles. The second-order valence-corrected chi connectivity index (χ2v) is 6.82. The van der Waals surface area contributed by atoms with E-state index in [-0.39, 0.29) is 10.1 Å². The highest BCUT2D eigenvalue weighted by Gasteiger charge is 2.25. The third-order valence-corrected chi connectivity index (χ3v) is 4.55. The molecule has 154 valence electrons. The summed E-state index contributed by atoms with van der Waals surface area (Å²) in [6.07, 6.45) is 5.93. The van der Waals surface area contributed by atoms with Gasteiger partial charge in [0.1, 0.15) is 0 Å². The molecule has 1 aliphatic rings. The van der Waals surface area contributed by atoms with E-state index in [1.807, 2.05) is 13.0 Å². The summed E-state index contributed by atoms with van der Waals surface area (Å²) >= 11 is 1.01. The zero-order chi connectivity index (χ0) is 21.2. The van der Waals surface area contributed by atoms with Crippen molar-refractivity contribution in [3.8, 4) is 11.5 Å². The highest BCUT2D eigenvalue weighted by Crippen LogP contribution is 2.33. The van der Waals surface area contributed by atoms with Crippen LogP contribution in [0, 0.1) is 0 Å². The van der Waals surface area contributed by atoms with Gasteiger partial charge in [0.15, 0.2) is 16.7 Å². The van der Waals surface area contributed by atoms with Crippen molar-refractivity contribution in [3.63, 3.8) is 0 Å². The first-order valence-corrected chi connectivity index (χ1v) is 9.68. The Bertz CT molecular complexity index is 877. The summed E-state index contributed by atoms with van der Waals surface area (Å²) in [5.74, 6) is 0.244. The lowest BCUT2D eigenvalue weighted by molar-refractivity contribution is -0.135. The Hall–Kier alpha value is -3.07. The van der Waals surface area contributed by atoms with Crippen LogP contribution in [0.4, 0.5) is 0 Å². The van der Waals surface area contributed by atoms with Crippen LogP contribution in [-0.4, -0.2) is 44.1 Å². The van der Waals surface area contributed by atoms with Gasteiger partial charge in [0.2, 0.25) is 0 Å². The van der Waals surface area contributed by atoms with Crippen LogP contribution < -0.4 is 14.8 Å². The summed E-state index contributed by atoms with van der Waals surface area (Å²) in [6, 6.07) is 3.71. The summed E-state index contributed by atoms with van der Waals surface area (Å²) in [7, 11) is 2.82. The van der Waals surface area contributed by atoms with Crippen molar-refractivity contribution in [2.24, 2.45) is 10.2 Å². The van der Waals surface area contributed by atoms with Crippen molar-refractivity contribution >= 4 is 35.0 Å². The first-order valence-electron chi connectivity index (χ1n) is 8.86. The van der Waals surface area contributed by atoms with Gasteiger partial charge in [-0.15, -0.1) is 11.7 Å². The van der Waals surface area contributed by atoms with Gasteiger partial charge in [-0.2, -0.15) is 5.10 Å². The van der Waals surface area contributed by atoms with E-state index in [1.54, 1.807) is 25.5 Å². The number of carbonyl (C=O) groups is 2. The van der Waals surface area contributed by atoms with E-state index < -0.39 is 11.9 Å². The van der Waals surface area contributed by atoms with Gasteiger partial charge in [-0.3, -0.25) is 10.1 Å². The SMILES string of the molecule is C=CCc1cc(C=N/N=C2/NC(=O)/C(=C\C(=O)OC)S2)cc(OC)c1OCCC. The molecule has 8 nitrogen and oxygen atoms in total. The predicted molar refractivity (Wildman–Crippen MR) is 114 cm³/mol. The van der Waals surface area contributed by atoms with Crippen LogP contribution in [0.2, 0.25) is 0 Å². The number of nitrogens with one attached hydrogen (secondary N) is 1. The van der Waals surface area contributed by atoms with Crippen LogP contribution >= 0.6 is 11.8 Å². The van der Waals surface area contributed by atoms with Gasteiger partial charge < -0.3 is 14.2 Å². The Morgan fingerprint density at radius 2 is 2.14 bits per heavy atom. The first kappa shape index (κ1) is 22.2. The van der Waals surface area contributed by atoms with Crippen molar-refractivity contribution in [1.82, 2.24) is 5.32 Å². The Labute approximate surface area is 173 Å². The molecule has 1 fully saturated rings. The predicted octanol–water partition coefficient (Wildman–Crippen LogP) is 2.82. The molecule has 1 aromatic carbocycles. The molecule has 0 atom stereocenters. The van der Waals surface area contributed by atoms with Crippen LogP contribution in [0.3, 0.4) is 0 Å². The third-order valence-electron chi connectivity index (χ3n) is 3.65. The standard InChI is InChI=1S/C20H23N3O5S/c1-5-7-14-9-13(10-15(26-3)18(14)28-8-6-2)12-21-23-20-22-19(25)16(29-20)11-17(24)27-4/h5,9-12H,1,6-8H2,2-4H3,(H,22,23,25)/b16-11+,21-12?. The number of methoxy groups -OCH3 is 2. The van der Waals surface area contributed by atoms with Gasteiger partial charge in [-0.25, -0.2) is 4.79 Å². The summed E-state index contributed by atoms with van der Waals surface area (Å²) < 4.78 is 15.8. The molecule has 1 N–H and O–H groups in total. The zero-order valence-electron chi connectivity index (χ0n) is 16.6. The van der Waals surface area contributed by atoms with Crippen LogP contribution in [0.1, 0.15) is 24.5 Å². The first-order chi connectivity index (χ1) is 14.0. The number of nitrogens with zero attached hydrogens (tertiary/aromatic N) is 2. The van der Waals surface area contributed by atoms with Gasteiger partial charge in [-0.05, 0) is 42.3 Å². The molecule has 1 aliphatic heterocycles. The molecule has 1 heterocycles. The van der Waals surface area contributed by atoms with E-state index in [2.05, 4.69) is 26.8 Å². The number of benzene rings is 1. The van der Waals surface area contributed by atoms with E-state index >= 15 is 0 Å². The second-order valence-electron chi connectivity index (χ2n) is 5.79. The van der Waals surface area contributed by atoms with Crippen molar-refractivity contribution in [2.45, 2.75) is 19.8 Å². The smallest absolute Gasteiger partial charge is 0.331 e. The fourth-order valence-electron chi connectivity index (χ4n) is 2.37. The maximum Gasteiger partial charge on any atom is 0.331 e. The Morgan fingerprint density at radius 3 is 2.79 bits per heavy atom. The lowest BCUT2D eigenvalue weighted by Gasteiger charge is -2.15. The Morgan fingerprint density at radius 1 is 1.34 bits per heavy atom. The van der Waals surface area contributed by atoms with Crippen molar-refractivity contribution in [1.29, 1.82) is 0 Å². The quantitative estimate of drug-likeness (QED) is 0.218. The highest BCUT2D eigenvalue weighted by atomic mass is 32.2. The topological polar surface area (TPSA) is 98.6 Å². The maximum atomic E-state index is 11.8. The lowest BCUT2D eigenvalue weighted by Crippen LogP contribution is -2.19. The zero-order valence-corrected chi connectivity index (χ0v) is 17.4. The summed E-state index contributed by atoms with van der Waals surface area (Å²) in [5, 5.41) is 10.8. The van der Waals surface area contributed by atoms with E-state index in [9.17, 15) is 9.59 Å². The Kier molecular flexibility index (Phi) is 8.47. The monoisotopic (exact) mass is 417 g/mol. The number of rotatable bonds is 9. The Balaban J connectivity index is 2.22. The molecule has 0 bridgehead atoms. The van der Waals surface area contributed by atoms with E-state index in [4.69, 9.17) is 9.47 Å². The summed E-state index contributed by atoms with van der Waals surface area (Å²) in [5.41, 5.74) is 1.68. The minimum absolute atomic E-state index is 0.193. The van der Waals surface area contributed by atoms with E-state index in [0.717, 1.165) is 35.4 Å². The number of hydrogen-bond donors (Lipinski definition) is 1. The van der Waals surface area contributed by atoms with Gasteiger partial charge in [0.25, 0.3) is 5.91 Å². The number of allylic oxidation sites excluding steroid dienone is 1. The van der Waals surface area contributed by atoms with Crippen LogP contribution in [0.25, 0.3) is 0 Å². The number of carbonyl (C=O) groups excluding carboxylic acids is 2. The van der Waals surface area contributed by atoms with Crippen LogP contribution in [0.15, 0.2) is 46.0 Å². The maximum absolute atomic E-state index is 11.8. The molecule has 1 amide bonds. The fraction of sp³-hybridized carbons (Fsp3) is 0.300. The highest BCUT2D eigenvalue weighted by molar-refractivity contribution is 8.18. The number of amides is 1. The second kappa shape index (κ2) is 11.1. The molecule has 1 aromatic rings. The number of thioether (sulfide) groups is 1. The third kappa shape index (κ3) is 6.21. The fourth-order valence-corrected chi connectivity index (χ4v) is 3.11. The lowest BCUT2D eigenvalue weighted by atomic mass is 10.1. The molecule has 0 radical (unpaired) electrons. The molecule has 9 heteroatoms. The van der Waals surface area contributed by atoms with Gasteiger partial charge in [0, 0.05) is 11.6 Å². The molecule has 0 unspecified atom stereocenters. The molecule has 0 aliphatic carbocycles. The normalized spacial score (nSPS) is 16.3. The summed E-state index contributed by atoms with van der Waals surface area (Å²) in [6.45, 7) is 6.40. The number of esters is 1. The van der Waals surface area contributed by atoms with Crippen LogP contribution in [0.5, 0.6) is 11.5 Å². The minimum atomic E-state index is -0.611. The average molecular weight is 417 g/mol. The van der Waals surface area contributed by atoms with E-state index in [1.165, 1.54) is 7.11 Å². The number of amidine groups is 1. The van der Waals surface area contributed by atoms with Crippen LogP contribution in [-0.2, 0) is 20.7 Å². The van der Waals surface area contributed by atoms with E-state index in [0.29, 0.717) is 24.5 Å². The molecule has 0 aromatic heterocycles. The van der Waals surface area contributed by atoms with Gasteiger partial charge >= 0.3 is 5.97 Å². The number of hydrogen-bond acceptors (Lipinski definition) is 8. The molecular formula is C20H23N3O5S. The van der Waals surface area contributed by atoms with Gasteiger partial charge in [0.05, 0.1) is 31.9 Å². The molecular weight excluding hydrogens is 394 g/mol. The molecule has 0 saturated carbocycles. The largest absolute Gasteiger partial charge is 0.493 e. The molecule has 2 rings (SSSR count). The number of ether oxygens (including phenoxy) is 3. The van der Waals surface area contributed by atoms with Crippen molar-refractivity contribution < 1.29 is 23.8 Å². The molecule has 29 heavy (non-hydrogen) atoms. The van der Waals surface area contributed by atoms with Gasteiger partial charge in [-0.1, -0.05) is 13.0 Å². The summed E-state index contributed by atoms with van der Waals surface area (Å²) in [4.78, 5) is 23.3. The minimum Gasteiger partial charge on any atom is -0.493 e. The van der Waals surface area contributed by atoms with Crippen molar-refractivity contribution in [3.05, 3.63) is 46.9 Å². The average Bonchev–Trinajstić information content (AvgIpc) is 3.05. The molecule has 0 spiro atoms.